The first kappa shape index (κ1) is 12.8. The molecular weight excluding hydrogens is 310 g/mol. The third-order valence-electron chi connectivity index (χ3n) is 3.00. The van der Waals surface area contributed by atoms with E-state index < -0.39 is 0 Å². The highest BCUT2D eigenvalue weighted by molar-refractivity contribution is 9.10. The molecule has 0 radical (unpaired) electrons. The zero-order valence-corrected chi connectivity index (χ0v) is 11.9. The number of morpholine rings is 1. The number of benzene rings is 1. The third-order valence-corrected chi connectivity index (χ3v) is 3.69. The lowest BCUT2D eigenvalue weighted by Gasteiger charge is -2.22. The normalized spacial score (nSPS) is 19.5. The first-order chi connectivity index (χ1) is 9.33. The van der Waals surface area contributed by atoms with Crippen LogP contribution in [0.25, 0.3) is 11.4 Å². The van der Waals surface area contributed by atoms with Gasteiger partial charge in [-0.1, -0.05) is 33.2 Å². The van der Waals surface area contributed by atoms with Gasteiger partial charge < -0.3 is 14.6 Å². The van der Waals surface area contributed by atoms with Gasteiger partial charge in [-0.05, 0) is 12.1 Å². The predicted molar refractivity (Wildman–Crippen MR) is 73.7 cm³/mol. The zero-order valence-electron chi connectivity index (χ0n) is 10.3. The Morgan fingerprint density at radius 2 is 2.26 bits per heavy atom. The average Bonchev–Trinajstić information content (AvgIpc) is 2.89. The van der Waals surface area contributed by atoms with Gasteiger partial charge in [-0.3, -0.25) is 0 Å². The minimum absolute atomic E-state index is 0.251. The maximum absolute atomic E-state index is 5.40. The van der Waals surface area contributed by atoms with Crippen LogP contribution >= 0.6 is 15.9 Å². The van der Waals surface area contributed by atoms with Crippen LogP contribution < -0.4 is 5.32 Å². The van der Waals surface area contributed by atoms with Crippen molar-refractivity contribution in [1.29, 1.82) is 0 Å². The number of nitrogens with zero attached hydrogens (tertiary/aromatic N) is 2. The van der Waals surface area contributed by atoms with Crippen LogP contribution in [0, 0.1) is 0 Å². The van der Waals surface area contributed by atoms with E-state index in [2.05, 4.69) is 31.4 Å². The Bertz CT molecular complexity index is 552. The fourth-order valence-corrected chi connectivity index (χ4v) is 2.51. The van der Waals surface area contributed by atoms with Gasteiger partial charge in [0.05, 0.1) is 13.2 Å². The summed E-state index contributed by atoms with van der Waals surface area (Å²) in [6.45, 7) is 2.32. The Morgan fingerprint density at radius 1 is 1.37 bits per heavy atom. The Kier molecular flexibility index (Phi) is 3.91. The number of hydrogen-bond donors (Lipinski definition) is 1. The van der Waals surface area contributed by atoms with Gasteiger partial charge in [-0.15, -0.1) is 0 Å². The van der Waals surface area contributed by atoms with Crippen LogP contribution in [0.1, 0.15) is 5.89 Å². The summed E-state index contributed by atoms with van der Waals surface area (Å²) in [7, 11) is 0. The van der Waals surface area contributed by atoms with Crippen molar-refractivity contribution in [2.24, 2.45) is 0 Å². The number of halogens is 1. The summed E-state index contributed by atoms with van der Waals surface area (Å²) < 4.78 is 11.7. The largest absolute Gasteiger partial charge is 0.378 e. The monoisotopic (exact) mass is 323 g/mol. The molecule has 5 nitrogen and oxygen atoms in total. The van der Waals surface area contributed by atoms with Crippen molar-refractivity contribution >= 4 is 15.9 Å². The second kappa shape index (κ2) is 5.81. The van der Waals surface area contributed by atoms with Crippen LogP contribution in [0.5, 0.6) is 0 Å². The maximum Gasteiger partial charge on any atom is 0.228 e. The molecule has 0 bridgehead atoms. The zero-order chi connectivity index (χ0) is 13.1. The molecule has 2 aromatic rings. The molecule has 0 saturated carbocycles. The Balaban J connectivity index is 1.74. The molecule has 19 heavy (non-hydrogen) atoms. The summed E-state index contributed by atoms with van der Waals surface area (Å²) in [5, 5.41) is 7.39. The van der Waals surface area contributed by atoms with E-state index in [1.807, 2.05) is 24.3 Å². The summed E-state index contributed by atoms with van der Waals surface area (Å²) in [5.41, 5.74) is 0.936. The van der Waals surface area contributed by atoms with Crippen molar-refractivity contribution < 1.29 is 9.26 Å². The van der Waals surface area contributed by atoms with Crippen molar-refractivity contribution in [3.05, 3.63) is 34.6 Å². The van der Waals surface area contributed by atoms with Crippen molar-refractivity contribution in [3.8, 4) is 11.4 Å². The standard InChI is InChI=1S/C13H14BrN3O2/c14-11-4-2-1-3-10(11)13-16-12(19-17-13)7-9-8-18-6-5-15-9/h1-4,9,15H,5-8H2. The quantitative estimate of drug-likeness (QED) is 0.936. The van der Waals surface area contributed by atoms with Crippen LogP contribution in [-0.4, -0.2) is 35.9 Å². The van der Waals surface area contributed by atoms with Gasteiger partial charge in [0.15, 0.2) is 0 Å². The highest BCUT2D eigenvalue weighted by atomic mass is 79.9. The second-order valence-corrected chi connectivity index (χ2v) is 5.28. The molecule has 1 aliphatic heterocycles. The maximum atomic E-state index is 5.40. The lowest BCUT2D eigenvalue weighted by molar-refractivity contribution is 0.0744. The minimum Gasteiger partial charge on any atom is -0.378 e. The van der Waals surface area contributed by atoms with Crippen LogP contribution in [0.4, 0.5) is 0 Å². The molecule has 1 aromatic heterocycles. The summed E-state index contributed by atoms with van der Waals surface area (Å²) in [6, 6.07) is 8.08. The first-order valence-electron chi connectivity index (χ1n) is 6.21. The number of hydrogen-bond acceptors (Lipinski definition) is 5. The van der Waals surface area contributed by atoms with Crippen LogP contribution in [-0.2, 0) is 11.2 Å². The molecule has 0 spiro atoms. The third kappa shape index (κ3) is 3.02. The predicted octanol–water partition coefficient (Wildman–Crippen LogP) is 2.03. The van der Waals surface area contributed by atoms with E-state index in [9.17, 15) is 0 Å². The van der Waals surface area contributed by atoms with Gasteiger partial charge in [0.2, 0.25) is 11.7 Å². The van der Waals surface area contributed by atoms with E-state index in [1.54, 1.807) is 0 Å². The number of rotatable bonds is 3. The number of nitrogens with one attached hydrogen (secondary N) is 1. The lowest BCUT2D eigenvalue weighted by Crippen LogP contribution is -2.42. The molecule has 6 heteroatoms. The topological polar surface area (TPSA) is 60.2 Å². The average molecular weight is 324 g/mol. The smallest absolute Gasteiger partial charge is 0.228 e. The van der Waals surface area contributed by atoms with E-state index >= 15 is 0 Å². The van der Waals surface area contributed by atoms with Crippen molar-refractivity contribution in [3.63, 3.8) is 0 Å². The van der Waals surface area contributed by atoms with Crippen LogP contribution in [0.2, 0.25) is 0 Å². The summed E-state index contributed by atoms with van der Waals surface area (Å²) in [6.07, 6.45) is 0.692. The fraction of sp³-hybridized carbons (Fsp3) is 0.385. The molecule has 1 fully saturated rings. The van der Waals surface area contributed by atoms with Crippen molar-refractivity contribution in [1.82, 2.24) is 15.5 Å². The molecule has 1 unspecified atom stereocenters. The van der Waals surface area contributed by atoms with Gasteiger partial charge in [0.1, 0.15) is 0 Å². The van der Waals surface area contributed by atoms with E-state index in [-0.39, 0.29) is 6.04 Å². The highest BCUT2D eigenvalue weighted by Gasteiger charge is 2.18. The Labute approximate surface area is 119 Å². The fourth-order valence-electron chi connectivity index (χ4n) is 2.05. The molecule has 0 amide bonds. The van der Waals surface area contributed by atoms with E-state index in [1.165, 1.54) is 0 Å². The molecule has 0 aliphatic carbocycles. The van der Waals surface area contributed by atoms with Crippen LogP contribution in [0.15, 0.2) is 33.3 Å². The summed E-state index contributed by atoms with van der Waals surface area (Å²) in [4.78, 5) is 4.43. The number of ether oxygens (including phenoxy) is 1. The first-order valence-corrected chi connectivity index (χ1v) is 7.01. The van der Waals surface area contributed by atoms with E-state index in [0.717, 1.165) is 23.2 Å². The Hall–Kier alpha value is -1.24. The minimum atomic E-state index is 0.251. The SMILES string of the molecule is Brc1ccccc1-c1noc(CC2COCCN2)n1. The molecular formula is C13H14BrN3O2. The molecule has 1 atom stereocenters. The molecule has 2 heterocycles. The van der Waals surface area contributed by atoms with Gasteiger partial charge in [0, 0.05) is 29.0 Å². The molecule has 3 rings (SSSR count). The molecule has 1 aliphatic rings. The van der Waals surface area contributed by atoms with Gasteiger partial charge >= 0.3 is 0 Å². The molecule has 1 aromatic carbocycles. The lowest BCUT2D eigenvalue weighted by atomic mass is 10.2. The van der Waals surface area contributed by atoms with E-state index in [4.69, 9.17) is 9.26 Å². The molecule has 1 saturated heterocycles. The van der Waals surface area contributed by atoms with Crippen molar-refractivity contribution in [2.75, 3.05) is 19.8 Å². The summed E-state index contributed by atoms with van der Waals surface area (Å²) in [5.74, 6) is 1.24. The van der Waals surface area contributed by atoms with E-state index in [0.29, 0.717) is 24.7 Å². The van der Waals surface area contributed by atoms with Crippen LogP contribution in [0.3, 0.4) is 0 Å². The molecule has 1 N–H and O–H groups in total. The Morgan fingerprint density at radius 3 is 3.05 bits per heavy atom. The van der Waals surface area contributed by atoms with Gasteiger partial charge in [-0.2, -0.15) is 4.98 Å². The van der Waals surface area contributed by atoms with Crippen molar-refractivity contribution in [2.45, 2.75) is 12.5 Å². The van der Waals surface area contributed by atoms with Gasteiger partial charge in [-0.25, -0.2) is 0 Å². The second-order valence-electron chi connectivity index (χ2n) is 4.42. The van der Waals surface area contributed by atoms with Gasteiger partial charge in [0.25, 0.3) is 0 Å². The summed E-state index contributed by atoms with van der Waals surface area (Å²) >= 11 is 3.49. The number of aromatic nitrogens is 2. The highest BCUT2D eigenvalue weighted by Crippen LogP contribution is 2.25. The molecule has 100 valence electrons.